The van der Waals surface area contributed by atoms with Crippen LogP contribution in [0.2, 0.25) is 0 Å². The maximum atomic E-state index is 13.5. The molecule has 0 aliphatic carbocycles. The summed E-state index contributed by atoms with van der Waals surface area (Å²) < 4.78 is 29.1. The Balaban J connectivity index is 1.49. The lowest BCUT2D eigenvalue weighted by molar-refractivity contribution is -0.131. The minimum atomic E-state index is -3.86. The van der Waals surface area contributed by atoms with E-state index in [0.717, 1.165) is 10.0 Å². The molecule has 1 amide bonds. The monoisotopic (exact) mass is 555 g/mol. The Morgan fingerprint density at radius 3 is 2.20 bits per heavy atom. The zero-order valence-corrected chi connectivity index (χ0v) is 22.4. The number of carbonyl (C=O) groups excluding carboxylic acids is 1. The number of aryl methyl sites for hydroxylation is 1. The Labute approximate surface area is 216 Å². The molecule has 0 radical (unpaired) electrons. The molecule has 1 saturated heterocycles. The van der Waals surface area contributed by atoms with Crippen LogP contribution in [-0.4, -0.2) is 56.3 Å². The molecule has 0 aromatic heterocycles. The summed E-state index contributed by atoms with van der Waals surface area (Å²) >= 11 is 3.35. The average molecular weight is 557 g/mol. The van der Waals surface area contributed by atoms with Crippen molar-refractivity contribution in [2.75, 3.05) is 37.6 Å². The number of halogens is 1. The van der Waals surface area contributed by atoms with Gasteiger partial charge in [-0.15, -0.1) is 0 Å². The first-order chi connectivity index (χ1) is 16.8. The molecule has 4 rings (SSSR count). The maximum absolute atomic E-state index is 13.5. The number of carbonyl (C=O) groups is 1. The molecule has 0 unspecified atom stereocenters. The van der Waals surface area contributed by atoms with Gasteiger partial charge in [0.25, 0.3) is 0 Å². The van der Waals surface area contributed by atoms with Crippen molar-refractivity contribution in [2.45, 2.75) is 25.3 Å². The molecule has 35 heavy (non-hydrogen) atoms. The molecule has 0 atom stereocenters. The molecule has 0 saturated carbocycles. The summed E-state index contributed by atoms with van der Waals surface area (Å²) in [5, 5.41) is 0. The van der Waals surface area contributed by atoms with Crippen LogP contribution in [0.4, 0.5) is 5.69 Å². The van der Waals surface area contributed by atoms with Gasteiger partial charge in [0.2, 0.25) is 15.9 Å². The lowest BCUT2D eigenvalue weighted by Crippen LogP contribution is -2.52. The standard InChI is InChI=1S/C27H30BrN3O3S/c1-21-7-6-10-26(22(21)2)29-15-17-30(18-16-29)27(32)20-31(19-23-8-4-3-5-9-23)35(33,34)25-13-11-24(28)12-14-25/h3-14H,15-20H2,1-2H3. The van der Waals surface area contributed by atoms with E-state index < -0.39 is 10.0 Å². The van der Waals surface area contributed by atoms with Crippen LogP contribution in [0.3, 0.4) is 0 Å². The van der Waals surface area contributed by atoms with E-state index in [9.17, 15) is 13.2 Å². The molecule has 6 nitrogen and oxygen atoms in total. The fraction of sp³-hybridized carbons (Fsp3) is 0.296. The first kappa shape index (κ1) is 25.4. The number of anilines is 1. The van der Waals surface area contributed by atoms with E-state index in [1.165, 1.54) is 21.1 Å². The SMILES string of the molecule is Cc1cccc(N2CCN(C(=O)CN(Cc3ccccc3)S(=O)(=O)c3ccc(Br)cc3)CC2)c1C. The van der Waals surface area contributed by atoms with Crippen LogP contribution in [-0.2, 0) is 21.4 Å². The van der Waals surface area contributed by atoms with Crippen LogP contribution in [0.1, 0.15) is 16.7 Å². The number of rotatable bonds is 7. The molecule has 1 aliphatic rings. The highest BCUT2D eigenvalue weighted by Gasteiger charge is 2.30. The minimum absolute atomic E-state index is 0.132. The quantitative estimate of drug-likeness (QED) is 0.427. The number of hydrogen-bond acceptors (Lipinski definition) is 4. The van der Waals surface area contributed by atoms with Crippen LogP contribution in [0.5, 0.6) is 0 Å². The van der Waals surface area contributed by atoms with Gasteiger partial charge in [-0.25, -0.2) is 8.42 Å². The molecule has 3 aromatic rings. The molecule has 3 aromatic carbocycles. The minimum Gasteiger partial charge on any atom is -0.368 e. The topological polar surface area (TPSA) is 60.9 Å². The van der Waals surface area contributed by atoms with Crippen LogP contribution < -0.4 is 4.90 Å². The lowest BCUT2D eigenvalue weighted by atomic mass is 10.1. The molecular formula is C27H30BrN3O3S. The van der Waals surface area contributed by atoms with Gasteiger partial charge in [0.05, 0.1) is 11.4 Å². The predicted molar refractivity (Wildman–Crippen MR) is 143 cm³/mol. The number of amides is 1. The Morgan fingerprint density at radius 1 is 0.886 bits per heavy atom. The van der Waals surface area contributed by atoms with Crippen LogP contribution in [0.15, 0.2) is 82.2 Å². The number of nitrogens with zero attached hydrogens (tertiary/aromatic N) is 3. The summed E-state index contributed by atoms with van der Waals surface area (Å²) in [4.78, 5) is 17.5. The van der Waals surface area contributed by atoms with Gasteiger partial charge in [-0.1, -0.05) is 58.4 Å². The summed E-state index contributed by atoms with van der Waals surface area (Å²) in [7, 11) is -3.86. The zero-order valence-electron chi connectivity index (χ0n) is 20.0. The van der Waals surface area contributed by atoms with Gasteiger partial charge >= 0.3 is 0 Å². The number of hydrogen-bond donors (Lipinski definition) is 0. The second-order valence-electron chi connectivity index (χ2n) is 8.80. The Hall–Kier alpha value is -2.68. The summed E-state index contributed by atoms with van der Waals surface area (Å²) in [6.45, 7) is 6.71. The highest BCUT2D eigenvalue weighted by Crippen LogP contribution is 2.25. The fourth-order valence-corrected chi connectivity index (χ4v) is 5.94. The third kappa shape index (κ3) is 5.94. The molecule has 0 spiro atoms. The van der Waals surface area contributed by atoms with E-state index in [1.807, 2.05) is 30.3 Å². The Kier molecular flexibility index (Phi) is 7.94. The third-order valence-corrected chi connectivity index (χ3v) is 8.85. The normalized spacial score (nSPS) is 14.4. The molecule has 1 fully saturated rings. The molecule has 0 N–H and O–H groups in total. The fourth-order valence-electron chi connectivity index (χ4n) is 4.29. The van der Waals surface area contributed by atoms with E-state index in [4.69, 9.17) is 0 Å². The maximum Gasteiger partial charge on any atom is 0.243 e. The summed E-state index contributed by atoms with van der Waals surface area (Å²) in [6.07, 6.45) is 0. The molecule has 184 valence electrons. The third-order valence-electron chi connectivity index (χ3n) is 6.51. The second-order valence-corrected chi connectivity index (χ2v) is 11.7. The van der Waals surface area contributed by atoms with Crippen molar-refractivity contribution in [3.63, 3.8) is 0 Å². The lowest BCUT2D eigenvalue weighted by Gasteiger charge is -2.37. The molecule has 8 heteroatoms. The second kappa shape index (κ2) is 10.9. The van der Waals surface area contributed by atoms with Crippen molar-refractivity contribution in [1.82, 2.24) is 9.21 Å². The van der Waals surface area contributed by atoms with Crippen molar-refractivity contribution in [3.8, 4) is 0 Å². The van der Waals surface area contributed by atoms with Gasteiger partial charge in [-0.05, 0) is 60.9 Å². The summed E-state index contributed by atoms with van der Waals surface area (Å²) in [6, 6.07) is 22.2. The first-order valence-electron chi connectivity index (χ1n) is 11.6. The average Bonchev–Trinajstić information content (AvgIpc) is 2.86. The molecule has 1 heterocycles. The Morgan fingerprint density at radius 2 is 1.54 bits per heavy atom. The Bertz CT molecular complexity index is 1270. The summed E-state index contributed by atoms with van der Waals surface area (Å²) in [5.41, 5.74) is 4.53. The number of benzene rings is 3. The van der Waals surface area contributed by atoms with Crippen LogP contribution in [0.25, 0.3) is 0 Å². The van der Waals surface area contributed by atoms with Crippen molar-refractivity contribution in [3.05, 3.63) is 94.0 Å². The van der Waals surface area contributed by atoms with E-state index in [2.05, 4.69) is 52.9 Å². The van der Waals surface area contributed by atoms with Gasteiger partial charge in [0.15, 0.2) is 0 Å². The smallest absolute Gasteiger partial charge is 0.243 e. The van der Waals surface area contributed by atoms with E-state index in [0.29, 0.717) is 26.2 Å². The van der Waals surface area contributed by atoms with Crippen LogP contribution in [0, 0.1) is 13.8 Å². The number of piperazine rings is 1. The highest BCUT2D eigenvalue weighted by atomic mass is 79.9. The van der Waals surface area contributed by atoms with Crippen molar-refractivity contribution in [1.29, 1.82) is 0 Å². The largest absolute Gasteiger partial charge is 0.368 e. The number of sulfonamides is 1. The van der Waals surface area contributed by atoms with Crippen molar-refractivity contribution in [2.24, 2.45) is 0 Å². The van der Waals surface area contributed by atoms with E-state index >= 15 is 0 Å². The summed E-state index contributed by atoms with van der Waals surface area (Å²) in [5.74, 6) is -0.178. The van der Waals surface area contributed by atoms with E-state index in [1.54, 1.807) is 29.2 Å². The van der Waals surface area contributed by atoms with Gasteiger partial charge in [-0.2, -0.15) is 4.31 Å². The molecule has 0 bridgehead atoms. The van der Waals surface area contributed by atoms with Crippen molar-refractivity contribution >= 4 is 37.5 Å². The van der Waals surface area contributed by atoms with Gasteiger partial charge in [-0.3, -0.25) is 4.79 Å². The van der Waals surface area contributed by atoms with Crippen LogP contribution >= 0.6 is 15.9 Å². The van der Waals surface area contributed by atoms with Gasteiger partial charge < -0.3 is 9.80 Å². The molecule has 1 aliphatic heterocycles. The van der Waals surface area contributed by atoms with Gasteiger partial charge in [0.1, 0.15) is 0 Å². The van der Waals surface area contributed by atoms with Gasteiger partial charge in [0, 0.05) is 42.9 Å². The predicted octanol–water partition coefficient (Wildman–Crippen LogP) is 4.61. The zero-order chi connectivity index (χ0) is 25.0. The first-order valence-corrected chi connectivity index (χ1v) is 13.9. The molecular weight excluding hydrogens is 526 g/mol. The van der Waals surface area contributed by atoms with E-state index in [-0.39, 0.29) is 23.9 Å². The van der Waals surface area contributed by atoms with Crippen molar-refractivity contribution < 1.29 is 13.2 Å². The highest BCUT2D eigenvalue weighted by molar-refractivity contribution is 9.10.